The summed E-state index contributed by atoms with van der Waals surface area (Å²) in [6, 6.07) is 15.4. The number of carboxylic acids is 1. The summed E-state index contributed by atoms with van der Waals surface area (Å²) in [6.07, 6.45) is 2.03. The van der Waals surface area contributed by atoms with Gasteiger partial charge in [0.15, 0.2) is 0 Å². The fourth-order valence-corrected chi connectivity index (χ4v) is 4.02. The van der Waals surface area contributed by atoms with E-state index < -0.39 is 17.5 Å². The lowest BCUT2D eigenvalue weighted by atomic mass is 10.00. The van der Waals surface area contributed by atoms with Gasteiger partial charge < -0.3 is 20.3 Å². The molecule has 7 heteroatoms. The third-order valence-electron chi connectivity index (χ3n) is 5.97. The van der Waals surface area contributed by atoms with E-state index in [-0.39, 0.29) is 6.61 Å². The van der Waals surface area contributed by atoms with Gasteiger partial charge in [-0.05, 0) is 63.5 Å². The second-order valence-electron chi connectivity index (χ2n) is 8.94. The Balaban J connectivity index is 1.43. The van der Waals surface area contributed by atoms with Crippen LogP contribution in [0, 0.1) is 0 Å². The Bertz CT molecular complexity index is 880. The van der Waals surface area contributed by atoms with Gasteiger partial charge in [0.05, 0.1) is 5.92 Å². The first-order valence-corrected chi connectivity index (χ1v) is 11.5. The van der Waals surface area contributed by atoms with E-state index in [1.54, 1.807) is 38.1 Å². The average Bonchev–Trinajstić information content (AvgIpc) is 2.78. The lowest BCUT2D eigenvalue weighted by Gasteiger charge is -2.34. The normalized spacial score (nSPS) is 18.1. The standard InChI is InChI=1S/C25H33ClN2O4/c1-18(24(29)30)22-5-3-4-6-23(22)32-17-25(2,31)16-27-21-11-13-28(14-12-21)15-19-7-9-20(26)10-8-19/h3-10,18,21,27,31H,11-17H2,1-2H3,(H,29,30)/t18?,25-/m0/s1. The van der Waals surface area contributed by atoms with Crippen LogP contribution in [0.4, 0.5) is 0 Å². The highest BCUT2D eigenvalue weighted by atomic mass is 35.5. The fraction of sp³-hybridized carbons (Fsp3) is 0.480. The van der Waals surface area contributed by atoms with Crippen LogP contribution in [0.1, 0.15) is 43.7 Å². The number of carboxylic acid groups (broad SMARTS) is 1. The highest BCUT2D eigenvalue weighted by Crippen LogP contribution is 2.27. The highest BCUT2D eigenvalue weighted by Gasteiger charge is 2.26. The summed E-state index contributed by atoms with van der Waals surface area (Å²) < 4.78 is 5.83. The van der Waals surface area contributed by atoms with E-state index in [4.69, 9.17) is 16.3 Å². The fourth-order valence-electron chi connectivity index (χ4n) is 3.89. The van der Waals surface area contributed by atoms with Crippen molar-refractivity contribution in [3.8, 4) is 5.75 Å². The van der Waals surface area contributed by atoms with Crippen molar-refractivity contribution in [1.82, 2.24) is 10.2 Å². The summed E-state index contributed by atoms with van der Waals surface area (Å²) in [6.45, 7) is 6.77. The number of carbonyl (C=O) groups is 1. The molecule has 1 saturated heterocycles. The predicted octanol–water partition coefficient (Wildman–Crippen LogP) is 3.91. The number of piperidine rings is 1. The lowest BCUT2D eigenvalue weighted by Crippen LogP contribution is -2.49. The van der Waals surface area contributed by atoms with E-state index >= 15 is 0 Å². The molecular weight excluding hydrogens is 428 g/mol. The zero-order chi connectivity index (χ0) is 23.1. The second kappa shape index (κ2) is 11.1. The average molecular weight is 461 g/mol. The lowest BCUT2D eigenvalue weighted by molar-refractivity contribution is -0.138. The number of benzene rings is 2. The molecule has 1 unspecified atom stereocenters. The van der Waals surface area contributed by atoms with Crippen LogP contribution in [0.3, 0.4) is 0 Å². The summed E-state index contributed by atoms with van der Waals surface area (Å²) >= 11 is 5.96. The van der Waals surface area contributed by atoms with Crippen molar-refractivity contribution >= 4 is 17.6 Å². The first-order valence-electron chi connectivity index (χ1n) is 11.1. The maximum absolute atomic E-state index is 11.3. The van der Waals surface area contributed by atoms with Crippen molar-refractivity contribution in [2.45, 2.75) is 50.8 Å². The van der Waals surface area contributed by atoms with Crippen molar-refractivity contribution in [3.63, 3.8) is 0 Å². The Morgan fingerprint density at radius 1 is 1.22 bits per heavy atom. The summed E-state index contributed by atoms with van der Waals surface area (Å²) in [5, 5.41) is 24.3. The summed E-state index contributed by atoms with van der Waals surface area (Å²) in [5.41, 5.74) is 0.801. The molecule has 1 fully saturated rings. The second-order valence-corrected chi connectivity index (χ2v) is 9.38. The minimum Gasteiger partial charge on any atom is -0.490 e. The largest absolute Gasteiger partial charge is 0.490 e. The van der Waals surface area contributed by atoms with E-state index in [0.29, 0.717) is 23.9 Å². The smallest absolute Gasteiger partial charge is 0.310 e. The SMILES string of the molecule is CC(C(=O)O)c1ccccc1OC[C@@](C)(O)CNC1CCN(Cc2ccc(Cl)cc2)CC1. The number of ether oxygens (including phenoxy) is 1. The minimum absolute atomic E-state index is 0.0821. The molecule has 3 N–H and O–H groups in total. The molecule has 3 rings (SSSR count). The van der Waals surface area contributed by atoms with E-state index in [1.165, 1.54) is 5.56 Å². The van der Waals surface area contributed by atoms with Crippen molar-refractivity contribution < 1.29 is 19.7 Å². The van der Waals surface area contributed by atoms with Crippen molar-refractivity contribution in [2.75, 3.05) is 26.2 Å². The molecule has 6 nitrogen and oxygen atoms in total. The van der Waals surface area contributed by atoms with E-state index in [9.17, 15) is 15.0 Å². The molecular formula is C25H33ClN2O4. The molecule has 2 aromatic carbocycles. The van der Waals surface area contributed by atoms with Gasteiger partial charge in [-0.1, -0.05) is 41.9 Å². The molecule has 0 saturated carbocycles. The molecule has 1 heterocycles. The quantitative estimate of drug-likeness (QED) is 0.498. The molecule has 174 valence electrons. The van der Waals surface area contributed by atoms with Crippen LogP contribution in [0.5, 0.6) is 5.75 Å². The summed E-state index contributed by atoms with van der Waals surface area (Å²) in [7, 11) is 0. The number of aliphatic carboxylic acids is 1. The van der Waals surface area contributed by atoms with Gasteiger partial charge >= 0.3 is 5.97 Å². The van der Waals surface area contributed by atoms with Crippen molar-refractivity contribution in [2.24, 2.45) is 0 Å². The molecule has 0 radical (unpaired) electrons. The van der Waals surface area contributed by atoms with E-state index in [0.717, 1.165) is 37.5 Å². The van der Waals surface area contributed by atoms with Crippen LogP contribution in [-0.2, 0) is 11.3 Å². The van der Waals surface area contributed by atoms with Gasteiger partial charge in [0.1, 0.15) is 18.0 Å². The van der Waals surface area contributed by atoms with Gasteiger partial charge in [0.25, 0.3) is 0 Å². The van der Waals surface area contributed by atoms with Gasteiger partial charge in [0.2, 0.25) is 0 Å². The van der Waals surface area contributed by atoms with Crippen LogP contribution < -0.4 is 10.1 Å². The van der Waals surface area contributed by atoms with Gasteiger partial charge in [0, 0.05) is 29.7 Å². The summed E-state index contributed by atoms with van der Waals surface area (Å²) in [4.78, 5) is 13.8. The van der Waals surface area contributed by atoms with Crippen LogP contribution in [0.15, 0.2) is 48.5 Å². The minimum atomic E-state index is -1.07. The number of nitrogens with one attached hydrogen (secondary N) is 1. The third kappa shape index (κ3) is 7.20. The Hall–Kier alpha value is -2.12. The molecule has 32 heavy (non-hydrogen) atoms. The van der Waals surface area contributed by atoms with Crippen molar-refractivity contribution in [3.05, 3.63) is 64.7 Å². The zero-order valence-corrected chi connectivity index (χ0v) is 19.5. The van der Waals surface area contributed by atoms with Crippen LogP contribution >= 0.6 is 11.6 Å². The third-order valence-corrected chi connectivity index (χ3v) is 6.23. The first kappa shape index (κ1) is 24.5. The number of hydrogen-bond acceptors (Lipinski definition) is 5. The zero-order valence-electron chi connectivity index (χ0n) is 18.8. The van der Waals surface area contributed by atoms with E-state index in [1.807, 2.05) is 12.1 Å². The Labute approximate surface area is 195 Å². The molecule has 0 aliphatic carbocycles. The van der Waals surface area contributed by atoms with Crippen LogP contribution in [0.2, 0.25) is 5.02 Å². The number of para-hydroxylation sites is 1. The maximum atomic E-state index is 11.3. The number of likely N-dealkylation sites (tertiary alicyclic amines) is 1. The van der Waals surface area contributed by atoms with Gasteiger partial charge in [-0.15, -0.1) is 0 Å². The summed E-state index contributed by atoms with van der Waals surface area (Å²) in [5.74, 6) is -1.08. The van der Waals surface area contributed by atoms with E-state index in [2.05, 4.69) is 22.3 Å². The molecule has 1 aliphatic heterocycles. The molecule has 0 spiro atoms. The van der Waals surface area contributed by atoms with Gasteiger partial charge in [-0.3, -0.25) is 9.69 Å². The highest BCUT2D eigenvalue weighted by molar-refractivity contribution is 6.30. The molecule has 0 bridgehead atoms. The number of halogens is 1. The number of hydrogen-bond donors (Lipinski definition) is 3. The Morgan fingerprint density at radius 2 is 1.88 bits per heavy atom. The number of rotatable bonds is 10. The molecule has 2 atom stereocenters. The number of nitrogens with zero attached hydrogens (tertiary/aromatic N) is 1. The molecule has 2 aromatic rings. The first-order chi connectivity index (χ1) is 15.2. The van der Waals surface area contributed by atoms with Gasteiger partial charge in [-0.25, -0.2) is 0 Å². The predicted molar refractivity (Wildman–Crippen MR) is 126 cm³/mol. The Morgan fingerprint density at radius 3 is 2.53 bits per heavy atom. The molecule has 1 aliphatic rings. The maximum Gasteiger partial charge on any atom is 0.310 e. The van der Waals surface area contributed by atoms with Crippen LogP contribution in [-0.4, -0.2) is 59.0 Å². The number of aliphatic hydroxyl groups is 1. The Kier molecular flexibility index (Phi) is 8.54. The van der Waals surface area contributed by atoms with Crippen LogP contribution in [0.25, 0.3) is 0 Å². The topological polar surface area (TPSA) is 82.0 Å². The monoisotopic (exact) mass is 460 g/mol. The van der Waals surface area contributed by atoms with Crippen molar-refractivity contribution in [1.29, 1.82) is 0 Å². The molecule has 0 aromatic heterocycles. The molecule has 0 amide bonds. The van der Waals surface area contributed by atoms with Gasteiger partial charge in [-0.2, -0.15) is 0 Å².